The van der Waals surface area contributed by atoms with Gasteiger partial charge in [0.25, 0.3) is 5.91 Å². The Kier molecular flexibility index (Phi) is 8.93. The van der Waals surface area contributed by atoms with Crippen LogP contribution in [0.3, 0.4) is 0 Å². The number of nitrogens with one attached hydrogen (secondary N) is 2. The van der Waals surface area contributed by atoms with Crippen LogP contribution in [0.25, 0.3) is 22.1 Å². The molecule has 1 amide bonds. The third-order valence-corrected chi connectivity index (χ3v) is 7.91. The van der Waals surface area contributed by atoms with Crippen LogP contribution in [0, 0.1) is 24.7 Å². The van der Waals surface area contributed by atoms with Crippen molar-refractivity contribution >= 4 is 38.6 Å². The Morgan fingerprint density at radius 1 is 1.00 bits per heavy atom. The molecule has 4 aromatic rings. The van der Waals surface area contributed by atoms with E-state index in [2.05, 4.69) is 21.9 Å². The molecule has 1 heterocycles. The maximum absolute atomic E-state index is 13.1. The van der Waals surface area contributed by atoms with Gasteiger partial charge < -0.3 is 19.6 Å². The van der Waals surface area contributed by atoms with E-state index in [0.717, 1.165) is 22.1 Å². The zero-order valence-electron chi connectivity index (χ0n) is 23.0. The number of aliphatic carboxylic acids is 1. The molecule has 9 nitrogen and oxygen atoms in total. The molecule has 0 saturated carbocycles. The van der Waals surface area contributed by atoms with Crippen LogP contribution in [0.2, 0.25) is 0 Å². The number of carboxylic acids is 1. The summed E-state index contributed by atoms with van der Waals surface area (Å²) in [6.45, 7) is 5.37. The number of ether oxygens (including phenoxy) is 1. The minimum atomic E-state index is -4.02. The van der Waals surface area contributed by atoms with Crippen molar-refractivity contribution in [2.24, 2.45) is 5.92 Å². The van der Waals surface area contributed by atoms with Crippen LogP contribution in [0.1, 0.15) is 35.5 Å². The van der Waals surface area contributed by atoms with Crippen LogP contribution in [-0.2, 0) is 19.6 Å². The summed E-state index contributed by atoms with van der Waals surface area (Å²) in [6.07, 6.45) is 0. The maximum atomic E-state index is 13.1. The normalized spacial score (nSPS) is 12.1. The molecule has 0 spiro atoms. The van der Waals surface area contributed by atoms with Gasteiger partial charge in [-0.15, -0.1) is 0 Å². The molecule has 0 saturated heterocycles. The molecule has 3 aromatic carbocycles. The molecule has 0 aliphatic heterocycles. The number of rotatable bonds is 9. The predicted octanol–water partition coefficient (Wildman–Crippen LogP) is 5.05. The first kappa shape index (κ1) is 29.6. The second-order valence-corrected chi connectivity index (χ2v) is 11.4. The van der Waals surface area contributed by atoms with Gasteiger partial charge in [-0.05, 0) is 60.4 Å². The smallest absolute Gasteiger partial charge is 0.322 e. The number of aryl methyl sites for hydroxylation is 1. The van der Waals surface area contributed by atoms with E-state index in [4.69, 9.17) is 9.15 Å². The molecule has 4 rings (SSSR count). The van der Waals surface area contributed by atoms with Crippen LogP contribution in [0.4, 0.5) is 5.69 Å². The number of benzene rings is 3. The molecule has 0 aliphatic carbocycles. The van der Waals surface area contributed by atoms with Crippen LogP contribution in [-0.4, -0.2) is 45.2 Å². The second-order valence-electron chi connectivity index (χ2n) is 9.71. The highest BCUT2D eigenvalue weighted by Gasteiger charge is 2.28. The number of fused-ring (bicyclic) bond motifs is 1. The number of carbonyl (C=O) groups is 2. The molecule has 0 unspecified atom stereocenters. The van der Waals surface area contributed by atoms with Crippen molar-refractivity contribution in [2.75, 3.05) is 19.0 Å². The minimum Gasteiger partial charge on any atom is -0.480 e. The molecular weight excluding hydrogens is 544 g/mol. The summed E-state index contributed by atoms with van der Waals surface area (Å²) in [4.78, 5) is 24.4. The van der Waals surface area contributed by atoms with Crippen molar-refractivity contribution in [1.29, 1.82) is 0 Å². The highest BCUT2D eigenvalue weighted by molar-refractivity contribution is 7.89. The third kappa shape index (κ3) is 6.66. The number of methoxy groups -OCH3 is 1. The lowest BCUT2D eigenvalue weighted by atomic mass is 10.0. The number of carboxylic acid groups (broad SMARTS) is 1. The second kappa shape index (κ2) is 12.4. The van der Waals surface area contributed by atoms with Gasteiger partial charge >= 0.3 is 5.97 Å². The number of sulfonamides is 1. The van der Waals surface area contributed by atoms with E-state index in [1.54, 1.807) is 63.4 Å². The van der Waals surface area contributed by atoms with E-state index in [9.17, 15) is 23.1 Å². The molecule has 10 heteroatoms. The topological polar surface area (TPSA) is 135 Å². The Hall–Kier alpha value is -4.43. The highest BCUT2D eigenvalue weighted by atomic mass is 32.2. The molecule has 41 heavy (non-hydrogen) atoms. The Bertz CT molecular complexity index is 1740. The van der Waals surface area contributed by atoms with E-state index >= 15 is 0 Å². The van der Waals surface area contributed by atoms with E-state index in [1.807, 2.05) is 19.1 Å². The molecule has 0 aliphatic rings. The Balaban J connectivity index is 1.49. The number of carbonyl (C=O) groups excluding carboxylic acids is 1. The zero-order valence-corrected chi connectivity index (χ0v) is 23.8. The molecule has 3 N–H and O–H groups in total. The summed E-state index contributed by atoms with van der Waals surface area (Å²) < 4.78 is 38.5. The molecule has 212 valence electrons. The van der Waals surface area contributed by atoms with Gasteiger partial charge in [-0.25, -0.2) is 8.42 Å². The molecule has 0 fully saturated rings. The first-order chi connectivity index (χ1) is 19.5. The standard InChI is InChI=1S/C31H30N2O7S/c1-19(2)28(31(35)36)33-41(37,38)25-16-12-22(13-17-25)21-10-14-24(15-11-21)32-30(34)29-20(3)27-23(8-6-18-39-4)7-5-9-26(27)40-29/h5,7,9-17,19,28,33H,18H2,1-4H3,(H,32,34)(H,35,36)/t28-/m0/s1. The van der Waals surface area contributed by atoms with Crippen molar-refractivity contribution in [1.82, 2.24) is 4.72 Å². The van der Waals surface area contributed by atoms with E-state index in [1.165, 1.54) is 12.1 Å². The third-order valence-electron chi connectivity index (χ3n) is 6.46. The van der Waals surface area contributed by atoms with Gasteiger partial charge in [-0.1, -0.05) is 56.0 Å². The Morgan fingerprint density at radius 2 is 1.63 bits per heavy atom. The summed E-state index contributed by atoms with van der Waals surface area (Å²) >= 11 is 0. The first-order valence-electron chi connectivity index (χ1n) is 12.8. The summed E-state index contributed by atoms with van der Waals surface area (Å²) in [6, 6.07) is 17.4. The number of furan rings is 1. The lowest BCUT2D eigenvalue weighted by Crippen LogP contribution is -2.44. The number of anilines is 1. The summed E-state index contributed by atoms with van der Waals surface area (Å²) in [7, 11) is -2.45. The van der Waals surface area contributed by atoms with Crippen molar-refractivity contribution < 1.29 is 32.3 Å². The van der Waals surface area contributed by atoms with Crippen molar-refractivity contribution in [3.05, 3.63) is 83.6 Å². The van der Waals surface area contributed by atoms with E-state index in [-0.39, 0.29) is 10.7 Å². The number of amides is 1. The van der Waals surface area contributed by atoms with Gasteiger partial charge in [0.05, 0.1) is 4.90 Å². The molecule has 0 bridgehead atoms. The summed E-state index contributed by atoms with van der Waals surface area (Å²) in [5, 5.41) is 12.9. The quantitative estimate of drug-likeness (QED) is 0.238. The average Bonchev–Trinajstić information content (AvgIpc) is 3.29. The monoisotopic (exact) mass is 574 g/mol. The Labute approximate surface area is 238 Å². The minimum absolute atomic E-state index is 0.0360. The number of hydrogen-bond donors (Lipinski definition) is 3. The van der Waals surface area contributed by atoms with Crippen molar-refractivity contribution in [2.45, 2.75) is 31.7 Å². The van der Waals surface area contributed by atoms with Gasteiger partial charge in [0.1, 0.15) is 18.2 Å². The fourth-order valence-corrected chi connectivity index (χ4v) is 5.63. The summed E-state index contributed by atoms with van der Waals surface area (Å²) in [5.41, 5.74) is 4.09. The summed E-state index contributed by atoms with van der Waals surface area (Å²) in [5.74, 6) is 4.12. The Morgan fingerprint density at radius 3 is 2.22 bits per heavy atom. The van der Waals surface area contributed by atoms with Crippen molar-refractivity contribution in [3.8, 4) is 23.0 Å². The lowest BCUT2D eigenvalue weighted by molar-refractivity contribution is -0.140. The van der Waals surface area contributed by atoms with Gasteiger partial charge in [-0.2, -0.15) is 4.72 Å². The van der Waals surface area contributed by atoms with Crippen LogP contribution in [0.15, 0.2) is 76.0 Å². The van der Waals surface area contributed by atoms with Crippen molar-refractivity contribution in [3.63, 3.8) is 0 Å². The zero-order chi connectivity index (χ0) is 29.7. The van der Waals surface area contributed by atoms with E-state index < -0.39 is 33.9 Å². The van der Waals surface area contributed by atoms with Gasteiger partial charge in [0.15, 0.2) is 5.76 Å². The molecular formula is C31H30N2O7S. The first-order valence-corrected chi connectivity index (χ1v) is 14.3. The SMILES string of the molecule is COCC#Cc1cccc2oc(C(=O)Nc3ccc(-c4ccc(S(=O)(=O)N[C@H](C(=O)O)C(C)C)cc4)cc3)c(C)c12. The van der Waals surface area contributed by atoms with Gasteiger partial charge in [0, 0.05) is 29.3 Å². The fraction of sp³-hybridized carbons (Fsp3) is 0.226. The molecule has 1 atom stereocenters. The van der Waals surface area contributed by atoms with Gasteiger partial charge in [0.2, 0.25) is 10.0 Å². The van der Waals surface area contributed by atoms with Crippen LogP contribution in [0.5, 0.6) is 0 Å². The highest BCUT2D eigenvalue weighted by Crippen LogP contribution is 2.29. The largest absolute Gasteiger partial charge is 0.480 e. The van der Waals surface area contributed by atoms with E-state index in [0.29, 0.717) is 23.4 Å². The van der Waals surface area contributed by atoms with Gasteiger partial charge in [-0.3, -0.25) is 9.59 Å². The fourth-order valence-electron chi connectivity index (χ4n) is 4.29. The maximum Gasteiger partial charge on any atom is 0.322 e. The predicted molar refractivity (Wildman–Crippen MR) is 156 cm³/mol. The number of hydrogen-bond acceptors (Lipinski definition) is 6. The molecule has 0 radical (unpaired) electrons. The lowest BCUT2D eigenvalue weighted by Gasteiger charge is -2.18. The van der Waals surface area contributed by atoms with Crippen LogP contribution >= 0.6 is 0 Å². The van der Waals surface area contributed by atoms with Crippen LogP contribution < -0.4 is 10.0 Å². The molecule has 1 aromatic heterocycles. The average molecular weight is 575 g/mol.